The summed E-state index contributed by atoms with van der Waals surface area (Å²) in [6, 6.07) is 22.0. The van der Waals surface area contributed by atoms with Crippen LogP contribution in [0.25, 0.3) is 11.3 Å². The molecule has 170 valence electrons. The Labute approximate surface area is 194 Å². The molecular weight excluding hydrogens is 436 g/mol. The van der Waals surface area contributed by atoms with Crippen molar-refractivity contribution in [2.45, 2.75) is 13.3 Å². The number of rotatable bonds is 7. The summed E-state index contributed by atoms with van der Waals surface area (Å²) in [5.41, 5.74) is 11.3. The van der Waals surface area contributed by atoms with E-state index in [0.29, 0.717) is 34.8 Å². The van der Waals surface area contributed by atoms with Crippen LogP contribution in [0.3, 0.4) is 0 Å². The van der Waals surface area contributed by atoms with Crippen molar-refractivity contribution in [3.63, 3.8) is 0 Å². The third-order valence-electron chi connectivity index (χ3n) is 5.48. The summed E-state index contributed by atoms with van der Waals surface area (Å²) in [7, 11) is -1.81. The summed E-state index contributed by atoms with van der Waals surface area (Å²) < 4.78 is 26.1. The largest absolute Gasteiger partial charge is 0.399 e. The molecule has 33 heavy (non-hydrogen) atoms. The molecule has 0 unspecified atom stereocenters. The van der Waals surface area contributed by atoms with Gasteiger partial charge in [0.2, 0.25) is 10.0 Å². The first kappa shape index (κ1) is 22.4. The lowest BCUT2D eigenvalue weighted by atomic mass is 9.99. The number of anilines is 4. The van der Waals surface area contributed by atoms with Gasteiger partial charge < -0.3 is 16.4 Å². The Balaban J connectivity index is 1.74. The van der Waals surface area contributed by atoms with Crippen molar-refractivity contribution in [3.05, 3.63) is 83.9 Å². The second-order valence-corrected chi connectivity index (χ2v) is 9.95. The maximum absolute atomic E-state index is 12.9. The molecule has 0 saturated carbocycles. The van der Waals surface area contributed by atoms with Gasteiger partial charge in [-0.05, 0) is 54.4 Å². The highest BCUT2D eigenvalue weighted by Gasteiger charge is 2.28. The number of nitrogens with one attached hydrogen (secondary N) is 2. The van der Waals surface area contributed by atoms with Crippen LogP contribution in [0.2, 0.25) is 0 Å². The summed E-state index contributed by atoms with van der Waals surface area (Å²) in [5, 5.41) is 6.27. The van der Waals surface area contributed by atoms with E-state index < -0.39 is 10.0 Å². The van der Waals surface area contributed by atoms with Gasteiger partial charge in [-0.3, -0.25) is 9.10 Å². The average Bonchev–Trinajstić information content (AvgIpc) is 3.12. The van der Waals surface area contributed by atoms with Gasteiger partial charge in [0.05, 0.1) is 22.7 Å². The fraction of sp³-hybridized carbons (Fsp3) is 0.160. The molecule has 4 rings (SSSR count). The number of hydrogen-bond donors (Lipinski definition) is 3. The zero-order valence-electron chi connectivity index (χ0n) is 18.5. The molecule has 0 fully saturated rings. The van der Waals surface area contributed by atoms with Crippen LogP contribution < -0.4 is 20.7 Å². The van der Waals surface area contributed by atoms with Gasteiger partial charge in [-0.25, -0.2) is 8.42 Å². The normalized spacial score (nSPS) is 14.4. The third kappa shape index (κ3) is 4.56. The van der Waals surface area contributed by atoms with E-state index >= 15 is 0 Å². The highest BCUT2D eigenvalue weighted by atomic mass is 32.2. The van der Waals surface area contributed by atoms with Crippen molar-refractivity contribution in [1.29, 1.82) is 0 Å². The van der Waals surface area contributed by atoms with Gasteiger partial charge in [-0.1, -0.05) is 37.3 Å². The third-order valence-corrected chi connectivity index (χ3v) is 7.45. The number of hydrogen-bond acceptors (Lipinski definition) is 5. The van der Waals surface area contributed by atoms with Gasteiger partial charge in [0, 0.05) is 29.7 Å². The fourth-order valence-corrected chi connectivity index (χ4v) is 5.00. The zero-order valence-corrected chi connectivity index (χ0v) is 19.3. The number of nitrogen functional groups attached to an aromatic ring is 1. The quantitative estimate of drug-likeness (QED) is 0.357. The van der Waals surface area contributed by atoms with Crippen molar-refractivity contribution in [2.24, 2.45) is 0 Å². The number of carbonyl (C=O) groups is 1. The van der Waals surface area contributed by atoms with E-state index in [1.165, 1.54) is 4.31 Å². The predicted octanol–water partition coefficient (Wildman–Crippen LogP) is 4.38. The zero-order chi connectivity index (χ0) is 23.6. The molecule has 8 heteroatoms. The highest BCUT2D eigenvalue weighted by Crippen LogP contribution is 2.38. The number of benzene rings is 3. The Hall–Kier alpha value is -3.78. The van der Waals surface area contributed by atoms with Gasteiger partial charge in [-0.2, -0.15) is 0 Å². The number of amides is 1. The first-order valence-electron chi connectivity index (χ1n) is 10.6. The summed E-state index contributed by atoms with van der Waals surface area (Å²) in [6.45, 7) is 1.84. The topological polar surface area (TPSA) is 105 Å². The molecule has 3 aromatic carbocycles. The standard InChI is InChI=1S/C25H26N4O3S/c1-3-15-33(31,32)29(2)20-12-10-19(11-13-20)27-24(17-7-5-4-6-8-17)23-21-16-18(26)9-14-22(21)28-25(23)30/h4-14,16,27H,3,15,26H2,1-2H3,(H,28,30). The van der Waals surface area contributed by atoms with E-state index in [9.17, 15) is 13.2 Å². The molecule has 3 aromatic rings. The van der Waals surface area contributed by atoms with Crippen LogP contribution in [-0.4, -0.2) is 27.1 Å². The summed E-state index contributed by atoms with van der Waals surface area (Å²) in [6.07, 6.45) is 0.550. The van der Waals surface area contributed by atoms with Gasteiger partial charge >= 0.3 is 0 Å². The minimum absolute atomic E-state index is 0.0887. The molecule has 1 aliphatic rings. The second-order valence-electron chi connectivity index (χ2n) is 7.83. The van der Waals surface area contributed by atoms with Crippen molar-refractivity contribution in [1.82, 2.24) is 0 Å². The smallest absolute Gasteiger partial charge is 0.258 e. The molecule has 0 spiro atoms. The first-order valence-corrected chi connectivity index (χ1v) is 12.3. The number of sulfonamides is 1. The number of fused-ring (bicyclic) bond motifs is 1. The molecule has 0 aliphatic carbocycles. The molecule has 0 saturated heterocycles. The monoisotopic (exact) mass is 462 g/mol. The molecule has 0 bridgehead atoms. The van der Waals surface area contributed by atoms with Gasteiger partial charge in [0.15, 0.2) is 0 Å². The molecule has 1 heterocycles. The van der Waals surface area contributed by atoms with Gasteiger partial charge in [-0.15, -0.1) is 0 Å². The van der Waals surface area contributed by atoms with E-state index in [4.69, 9.17) is 5.73 Å². The average molecular weight is 463 g/mol. The summed E-state index contributed by atoms with van der Waals surface area (Å²) in [5.74, 6) is -0.130. The molecule has 0 atom stereocenters. The van der Waals surface area contributed by atoms with E-state index in [-0.39, 0.29) is 11.7 Å². The second kappa shape index (κ2) is 8.99. The molecule has 1 aliphatic heterocycles. The molecule has 4 N–H and O–H groups in total. The summed E-state index contributed by atoms with van der Waals surface area (Å²) >= 11 is 0. The number of carbonyl (C=O) groups excluding carboxylic acids is 1. The molecular formula is C25H26N4O3S. The van der Waals surface area contributed by atoms with Crippen LogP contribution in [0.15, 0.2) is 72.8 Å². The minimum Gasteiger partial charge on any atom is -0.399 e. The SMILES string of the molecule is CCCS(=O)(=O)N(C)c1ccc(NC(=C2C(=O)Nc3ccc(N)cc32)c2ccccc2)cc1. The Morgan fingerprint density at radius 2 is 1.73 bits per heavy atom. The Kier molecular flexibility index (Phi) is 6.11. The lowest BCUT2D eigenvalue weighted by Crippen LogP contribution is -2.28. The first-order chi connectivity index (χ1) is 15.8. The molecule has 7 nitrogen and oxygen atoms in total. The van der Waals surface area contributed by atoms with Crippen molar-refractivity contribution in [3.8, 4) is 0 Å². The maximum Gasteiger partial charge on any atom is 0.258 e. The van der Waals surface area contributed by atoms with Crippen LogP contribution in [0.5, 0.6) is 0 Å². The molecule has 0 aromatic heterocycles. The lowest BCUT2D eigenvalue weighted by molar-refractivity contribution is -0.110. The van der Waals surface area contributed by atoms with Crippen molar-refractivity contribution < 1.29 is 13.2 Å². The predicted molar refractivity (Wildman–Crippen MR) is 135 cm³/mol. The number of nitrogens with zero attached hydrogens (tertiary/aromatic N) is 1. The maximum atomic E-state index is 12.9. The lowest BCUT2D eigenvalue weighted by Gasteiger charge is -2.20. The van der Waals surface area contributed by atoms with E-state index in [1.807, 2.05) is 37.3 Å². The van der Waals surface area contributed by atoms with Crippen molar-refractivity contribution >= 4 is 50.0 Å². The van der Waals surface area contributed by atoms with E-state index in [0.717, 1.165) is 16.8 Å². The van der Waals surface area contributed by atoms with Crippen molar-refractivity contribution in [2.75, 3.05) is 33.5 Å². The van der Waals surface area contributed by atoms with Crippen LogP contribution in [0.1, 0.15) is 24.5 Å². The Morgan fingerprint density at radius 3 is 2.39 bits per heavy atom. The fourth-order valence-electron chi connectivity index (χ4n) is 3.77. The van der Waals surface area contributed by atoms with Crippen LogP contribution in [0.4, 0.5) is 22.7 Å². The Morgan fingerprint density at radius 1 is 1.03 bits per heavy atom. The van der Waals surface area contributed by atoms with Crippen LogP contribution >= 0.6 is 0 Å². The van der Waals surface area contributed by atoms with Crippen LogP contribution in [0, 0.1) is 0 Å². The highest BCUT2D eigenvalue weighted by molar-refractivity contribution is 7.92. The molecule has 0 radical (unpaired) electrons. The minimum atomic E-state index is -3.36. The summed E-state index contributed by atoms with van der Waals surface area (Å²) in [4.78, 5) is 12.9. The Bertz CT molecular complexity index is 1320. The van der Waals surface area contributed by atoms with Gasteiger partial charge in [0.1, 0.15) is 0 Å². The van der Waals surface area contributed by atoms with Crippen LogP contribution in [-0.2, 0) is 14.8 Å². The van der Waals surface area contributed by atoms with E-state index in [2.05, 4.69) is 10.6 Å². The molecule has 1 amide bonds. The van der Waals surface area contributed by atoms with Gasteiger partial charge in [0.25, 0.3) is 5.91 Å². The van der Waals surface area contributed by atoms with E-state index in [1.54, 1.807) is 49.5 Å². The number of nitrogens with two attached hydrogens (primary N) is 1.